The Morgan fingerprint density at radius 1 is 1.29 bits per heavy atom. The lowest BCUT2D eigenvalue weighted by molar-refractivity contribution is -0.132. The number of ether oxygens (including phenoxy) is 1. The molecule has 0 saturated heterocycles. The van der Waals surface area contributed by atoms with E-state index in [1.807, 2.05) is 27.7 Å². The lowest BCUT2D eigenvalue weighted by Gasteiger charge is -2.36. The molecule has 0 aliphatic carbocycles. The van der Waals surface area contributed by atoms with Gasteiger partial charge in [-0.15, -0.1) is 0 Å². The quantitative estimate of drug-likeness (QED) is 0.668. The van der Waals surface area contributed by atoms with Crippen LogP contribution in [-0.4, -0.2) is 31.2 Å². The third-order valence-corrected chi connectivity index (χ3v) is 3.16. The standard InChI is InChI=1S/C13H28N2O2/c1-10(2)9-17-8-7-15-11(16)12(3,4)13(5,6)14/h10H,7-9,14H2,1-6H3,(H,15,16). The van der Waals surface area contributed by atoms with Gasteiger partial charge >= 0.3 is 0 Å². The first kappa shape index (κ1) is 16.4. The molecular weight excluding hydrogens is 216 g/mol. The summed E-state index contributed by atoms with van der Waals surface area (Å²) in [7, 11) is 0. The maximum Gasteiger partial charge on any atom is 0.227 e. The van der Waals surface area contributed by atoms with Crippen LogP contribution in [0.5, 0.6) is 0 Å². The molecule has 0 heterocycles. The van der Waals surface area contributed by atoms with E-state index >= 15 is 0 Å². The predicted molar refractivity (Wildman–Crippen MR) is 70.7 cm³/mol. The summed E-state index contributed by atoms with van der Waals surface area (Å²) in [6, 6.07) is 0. The molecule has 0 aliphatic rings. The summed E-state index contributed by atoms with van der Waals surface area (Å²) in [5.41, 5.74) is 4.85. The second kappa shape index (κ2) is 6.36. The minimum absolute atomic E-state index is 0.0295. The zero-order valence-electron chi connectivity index (χ0n) is 12.1. The molecule has 0 atom stereocenters. The molecule has 102 valence electrons. The Morgan fingerprint density at radius 2 is 1.82 bits per heavy atom. The van der Waals surface area contributed by atoms with Gasteiger partial charge in [0.05, 0.1) is 12.0 Å². The molecule has 4 nitrogen and oxygen atoms in total. The number of hydrogen-bond donors (Lipinski definition) is 2. The number of amides is 1. The highest BCUT2D eigenvalue weighted by atomic mass is 16.5. The maximum absolute atomic E-state index is 12.0. The van der Waals surface area contributed by atoms with Crippen molar-refractivity contribution in [2.75, 3.05) is 19.8 Å². The Balaban J connectivity index is 3.95. The highest BCUT2D eigenvalue weighted by molar-refractivity contribution is 5.83. The first-order valence-corrected chi connectivity index (χ1v) is 6.24. The van der Waals surface area contributed by atoms with Crippen LogP contribution in [0.4, 0.5) is 0 Å². The van der Waals surface area contributed by atoms with E-state index in [0.29, 0.717) is 19.1 Å². The van der Waals surface area contributed by atoms with E-state index in [4.69, 9.17) is 10.5 Å². The molecule has 4 heteroatoms. The molecular formula is C13H28N2O2. The van der Waals surface area contributed by atoms with E-state index < -0.39 is 11.0 Å². The molecule has 17 heavy (non-hydrogen) atoms. The third kappa shape index (κ3) is 5.50. The van der Waals surface area contributed by atoms with Gasteiger partial charge in [0.25, 0.3) is 0 Å². The van der Waals surface area contributed by atoms with Gasteiger partial charge in [0.15, 0.2) is 0 Å². The molecule has 0 radical (unpaired) electrons. The van der Waals surface area contributed by atoms with Crippen LogP contribution in [0, 0.1) is 11.3 Å². The summed E-state index contributed by atoms with van der Waals surface area (Å²) in [5.74, 6) is 0.489. The van der Waals surface area contributed by atoms with Crippen LogP contribution in [-0.2, 0) is 9.53 Å². The van der Waals surface area contributed by atoms with Gasteiger partial charge in [-0.05, 0) is 33.6 Å². The number of nitrogens with one attached hydrogen (secondary N) is 1. The fraction of sp³-hybridized carbons (Fsp3) is 0.923. The third-order valence-electron chi connectivity index (χ3n) is 3.16. The fourth-order valence-corrected chi connectivity index (χ4v) is 1.07. The molecule has 0 aromatic rings. The highest BCUT2D eigenvalue weighted by Crippen LogP contribution is 2.28. The Bertz CT molecular complexity index is 242. The van der Waals surface area contributed by atoms with Crippen LogP contribution in [0.3, 0.4) is 0 Å². The average Bonchev–Trinajstić information content (AvgIpc) is 2.14. The van der Waals surface area contributed by atoms with Crippen molar-refractivity contribution in [3.05, 3.63) is 0 Å². The molecule has 0 aromatic heterocycles. The van der Waals surface area contributed by atoms with Crippen molar-refractivity contribution in [1.82, 2.24) is 5.32 Å². The van der Waals surface area contributed by atoms with Crippen LogP contribution < -0.4 is 11.1 Å². The predicted octanol–water partition coefficient (Wildman–Crippen LogP) is 1.54. The topological polar surface area (TPSA) is 64.3 Å². The van der Waals surface area contributed by atoms with Crippen molar-refractivity contribution in [3.63, 3.8) is 0 Å². The number of hydrogen-bond acceptors (Lipinski definition) is 3. The highest BCUT2D eigenvalue weighted by Gasteiger charge is 2.40. The van der Waals surface area contributed by atoms with Crippen LogP contribution in [0.15, 0.2) is 0 Å². The lowest BCUT2D eigenvalue weighted by Crippen LogP contribution is -2.55. The van der Waals surface area contributed by atoms with E-state index in [-0.39, 0.29) is 5.91 Å². The lowest BCUT2D eigenvalue weighted by atomic mass is 9.74. The van der Waals surface area contributed by atoms with Crippen LogP contribution in [0.25, 0.3) is 0 Å². The molecule has 1 amide bonds. The fourth-order valence-electron chi connectivity index (χ4n) is 1.07. The van der Waals surface area contributed by atoms with Crippen LogP contribution in [0.2, 0.25) is 0 Å². The number of nitrogens with two attached hydrogens (primary N) is 1. The number of carbonyl (C=O) groups is 1. The largest absolute Gasteiger partial charge is 0.379 e. The Labute approximate surface area is 105 Å². The van der Waals surface area contributed by atoms with Gasteiger partial charge in [-0.2, -0.15) is 0 Å². The summed E-state index contributed by atoms with van der Waals surface area (Å²) in [6.45, 7) is 13.4. The van der Waals surface area contributed by atoms with Crippen molar-refractivity contribution in [3.8, 4) is 0 Å². The molecule has 0 aliphatic heterocycles. The van der Waals surface area contributed by atoms with Crippen molar-refractivity contribution in [2.45, 2.75) is 47.1 Å². The number of carbonyl (C=O) groups excluding carboxylic acids is 1. The summed E-state index contributed by atoms with van der Waals surface area (Å²) in [6.07, 6.45) is 0. The van der Waals surface area contributed by atoms with E-state index in [1.54, 1.807) is 0 Å². The maximum atomic E-state index is 12.0. The first-order valence-electron chi connectivity index (χ1n) is 6.24. The first-order chi connectivity index (χ1) is 7.59. The molecule has 0 bridgehead atoms. The van der Waals surface area contributed by atoms with Crippen molar-refractivity contribution in [1.29, 1.82) is 0 Å². The summed E-state index contributed by atoms with van der Waals surface area (Å²) in [5, 5.41) is 2.86. The zero-order valence-corrected chi connectivity index (χ0v) is 12.1. The van der Waals surface area contributed by atoms with Crippen molar-refractivity contribution in [2.24, 2.45) is 17.1 Å². The zero-order chi connectivity index (χ0) is 13.7. The van der Waals surface area contributed by atoms with Gasteiger partial charge in [-0.25, -0.2) is 0 Å². The summed E-state index contributed by atoms with van der Waals surface area (Å²) in [4.78, 5) is 12.0. The van der Waals surface area contributed by atoms with E-state index in [0.717, 1.165) is 6.61 Å². The SMILES string of the molecule is CC(C)COCCNC(=O)C(C)(C)C(C)(C)N. The number of rotatable bonds is 7. The Morgan fingerprint density at radius 3 is 2.24 bits per heavy atom. The molecule has 0 rings (SSSR count). The second-order valence-electron chi connectivity index (χ2n) is 6.07. The minimum atomic E-state index is -0.592. The molecule has 0 spiro atoms. The average molecular weight is 244 g/mol. The van der Waals surface area contributed by atoms with E-state index in [1.165, 1.54) is 0 Å². The monoisotopic (exact) mass is 244 g/mol. The summed E-state index contributed by atoms with van der Waals surface area (Å²) >= 11 is 0. The van der Waals surface area contributed by atoms with Crippen molar-refractivity contribution >= 4 is 5.91 Å². The minimum Gasteiger partial charge on any atom is -0.379 e. The second-order valence-corrected chi connectivity index (χ2v) is 6.07. The Kier molecular flexibility index (Phi) is 6.13. The van der Waals surface area contributed by atoms with E-state index in [2.05, 4.69) is 19.2 Å². The van der Waals surface area contributed by atoms with Gasteiger partial charge in [0.1, 0.15) is 0 Å². The molecule has 0 saturated carbocycles. The van der Waals surface area contributed by atoms with Crippen molar-refractivity contribution < 1.29 is 9.53 Å². The van der Waals surface area contributed by atoms with Gasteiger partial charge in [0, 0.05) is 18.7 Å². The van der Waals surface area contributed by atoms with Gasteiger partial charge in [-0.1, -0.05) is 13.8 Å². The van der Waals surface area contributed by atoms with Gasteiger partial charge in [-0.3, -0.25) is 4.79 Å². The van der Waals surface area contributed by atoms with Crippen LogP contribution in [0.1, 0.15) is 41.5 Å². The van der Waals surface area contributed by atoms with Crippen LogP contribution >= 0.6 is 0 Å². The molecule has 3 N–H and O–H groups in total. The molecule has 0 aromatic carbocycles. The Hall–Kier alpha value is -0.610. The molecule has 0 unspecified atom stereocenters. The van der Waals surface area contributed by atoms with Gasteiger partial charge in [0.2, 0.25) is 5.91 Å². The summed E-state index contributed by atoms with van der Waals surface area (Å²) < 4.78 is 5.40. The molecule has 0 fully saturated rings. The van der Waals surface area contributed by atoms with E-state index in [9.17, 15) is 4.79 Å². The van der Waals surface area contributed by atoms with Gasteiger partial charge < -0.3 is 15.8 Å². The smallest absolute Gasteiger partial charge is 0.227 e. The normalized spacial score (nSPS) is 12.9.